The van der Waals surface area contributed by atoms with Crippen molar-refractivity contribution in [2.75, 3.05) is 39.8 Å². The van der Waals surface area contributed by atoms with Crippen LogP contribution in [0.3, 0.4) is 0 Å². The number of nitrogens with one attached hydrogen (secondary N) is 2. The molecular formula is C20H34N4O2. The zero-order chi connectivity index (χ0) is 19.2. The number of carbonyl (C=O) groups excluding carboxylic acids is 1. The van der Waals surface area contributed by atoms with Crippen LogP contribution in [0.25, 0.3) is 0 Å². The van der Waals surface area contributed by atoms with Gasteiger partial charge in [-0.25, -0.2) is 0 Å². The number of methoxy groups -OCH3 is 1. The van der Waals surface area contributed by atoms with Crippen LogP contribution >= 0.6 is 0 Å². The SMILES string of the molecule is CCNC(=NCCCc1cccc(OC)c1)NCCC(=O)N(CC)CC. The van der Waals surface area contributed by atoms with Gasteiger partial charge in [-0.1, -0.05) is 12.1 Å². The zero-order valence-electron chi connectivity index (χ0n) is 16.7. The molecule has 1 aromatic carbocycles. The maximum atomic E-state index is 12.0. The zero-order valence-corrected chi connectivity index (χ0v) is 16.7. The van der Waals surface area contributed by atoms with Gasteiger partial charge in [0, 0.05) is 39.1 Å². The lowest BCUT2D eigenvalue weighted by Gasteiger charge is -2.19. The van der Waals surface area contributed by atoms with Crippen molar-refractivity contribution in [3.05, 3.63) is 29.8 Å². The van der Waals surface area contributed by atoms with Gasteiger partial charge in [-0.2, -0.15) is 0 Å². The van der Waals surface area contributed by atoms with E-state index < -0.39 is 0 Å². The van der Waals surface area contributed by atoms with Crippen LogP contribution in [-0.4, -0.2) is 56.6 Å². The molecule has 2 N–H and O–H groups in total. The van der Waals surface area contributed by atoms with Crippen LogP contribution in [0.1, 0.15) is 39.2 Å². The summed E-state index contributed by atoms with van der Waals surface area (Å²) in [5.41, 5.74) is 1.25. The van der Waals surface area contributed by atoms with Gasteiger partial charge in [0.25, 0.3) is 0 Å². The summed E-state index contributed by atoms with van der Waals surface area (Å²) in [5, 5.41) is 6.47. The summed E-state index contributed by atoms with van der Waals surface area (Å²) in [6.07, 6.45) is 2.40. The number of ether oxygens (including phenoxy) is 1. The molecule has 1 aromatic rings. The number of carbonyl (C=O) groups is 1. The first-order chi connectivity index (χ1) is 12.6. The smallest absolute Gasteiger partial charge is 0.224 e. The molecule has 146 valence electrons. The van der Waals surface area contributed by atoms with E-state index in [-0.39, 0.29) is 5.91 Å². The summed E-state index contributed by atoms with van der Waals surface area (Å²) in [5.74, 6) is 1.83. The highest BCUT2D eigenvalue weighted by atomic mass is 16.5. The van der Waals surface area contributed by atoms with E-state index in [0.717, 1.165) is 50.7 Å². The molecule has 0 heterocycles. The van der Waals surface area contributed by atoms with Crippen molar-refractivity contribution in [3.8, 4) is 5.75 Å². The number of nitrogens with zero attached hydrogens (tertiary/aromatic N) is 2. The number of guanidine groups is 1. The quantitative estimate of drug-likeness (QED) is 0.360. The summed E-state index contributed by atoms with van der Waals surface area (Å²) < 4.78 is 5.25. The van der Waals surface area contributed by atoms with Gasteiger partial charge >= 0.3 is 0 Å². The largest absolute Gasteiger partial charge is 0.497 e. The fourth-order valence-electron chi connectivity index (χ4n) is 2.67. The van der Waals surface area contributed by atoms with Crippen molar-refractivity contribution in [2.45, 2.75) is 40.0 Å². The van der Waals surface area contributed by atoms with Gasteiger partial charge in [-0.15, -0.1) is 0 Å². The van der Waals surface area contributed by atoms with E-state index in [1.807, 2.05) is 37.8 Å². The van der Waals surface area contributed by atoms with Crippen molar-refractivity contribution in [1.82, 2.24) is 15.5 Å². The Hall–Kier alpha value is -2.24. The van der Waals surface area contributed by atoms with Crippen LogP contribution in [0, 0.1) is 0 Å². The predicted octanol–water partition coefficient (Wildman–Crippen LogP) is 2.44. The third-order valence-electron chi connectivity index (χ3n) is 4.12. The van der Waals surface area contributed by atoms with Crippen molar-refractivity contribution in [2.24, 2.45) is 4.99 Å². The van der Waals surface area contributed by atoms with E-state index in [9.17, 15) is 4.79 Å². The van der Waals surface area contributed by atoms with Crippen LogP contribution < -0.4 is 15.4 Å². The highest BCUT2D eigenvalue weighted by Crippen LogP contribution is 2.13. The number of benzene rings is 1. The van der Waals surface area contributed by atoms with Crippen LogP contribution in [-0.2, 0) is 11.2 Å². The Morgan fingerprint density at radius 1 is 1.19 bits per heavy atom. The lowest BCUT2D eigenvalue weighted by Crippen LogP contribution is -2.40. The van der Waals surface area contributed by atoms with Gasteiger partial charge in [0.05, 0.1) is 7.11 Å². The minimum atomic E-state index is 0.177. The summed E-state index contributed by atoms with van der Waals surface area (Å²) in [6, 6.07) is 8.13. The Bertz CT molecular complexity index is 556. The molecule has 0 saturated carbocycles. The second-order valence-electron chi connectivity index (χ2n) is 5.96. The van der Waals surface area contributed by atoms with Crippen molar-refractivity contribution in [3.63, 3.8) is 0 Å². The minimum absolute atomic E-state index is 0.177. The van der Waals surface area contributed by atoms with Gasteiger partial charge < -0.3 is 20.3 Å². The topological polar surface area (TPSA) is 66.0 Å². The number of rotatable bonds is 11. The van der Waals surface area contributed by atoms with E-state index in [4.69, 9.17) is 4.74 Å². The summed E-state index contributed by atoms with van der Waals surface area (Å²) in [4.78, 5) is 18.5. The van der Waals surface area contributed by atoms with Crippen molar-refractivity contribution >= 4 is 11.9 Å². The average Bonchev–Trinajstić information content (AvgIpc) is 2.66. The summed E-state index contributed by atoms with van der Waals surface area (Å²) >= 11 is 0. The normalized spacial score (nSPS) is 11.2. The number of hydrogen-bond acceptors (Lipinski definition) is 3. The fraction of sp³-hybridized carbons (Fsp3) is 0.600. The molecule has 0 spiro atoms. The number of aryl methyl sites for hydroxylation is 1. The van der Waals surface area contributed by atoms with Crippen LogP contribution in [0.5, 0.6) is 5.75 Å². The molecule has 0 aliphatic carbocycles. The first-order valence-electron chi connectivity index (χ1n) is 9.57. The second kappa shape index (κ2) is 13.0. The van der Waals surface area contributed by atoms with Crippen molar-refractivity contribution in [1.29, 1.82) is 0 Å². The standard InChI is InChI=1S/C20H34N4O2/c1-5-21-20(23-15-13-19(25)24(6-2)7-3)22-14-9-11-17-10-8-12-18(16-17)26-4/h8,10,12,16H,5-7,9,11,13-15H2,1-4H3,(H2,21,22,23). The van der Waals surface area contributed by atoms with Crippen LogP contribution in [0.2, 0.25) is 0 Å². The monoisotopic (exact) mass is 362 g/mol. The van der Waals surface area contributed by atoms with E-state index in [1.54, 1.807) is 7.11 Å². The Morgan fingerprint density at radius 3 is 2.62 bits per heavy atom. The van der Waals surface area contributed by atoms with Gasteiger partial charge in [0.1, 0.15) is 5.75 Å². The lowest BCUT2D eigenvalue weighted by atomic mass is 10.1. The number of amides is 1. The molecule has 1 amide bonds. The molecule has 0 atom stereocenters. The van der Waals surface area contributed by atoms with E-state index in [1.165, 1.54) is 5.56 Å². The highest BCUT2D eigenvalue weighted by Gasteiger charge is 2.09. The second-order valence-corrected chi connectivity index (χ2v) is 5.96. The molecule has 0 aliphatic heterocycles. The predicted molar refractivity (Wildman–Crippen MR) is 108 cm³/mol. The molecule has 0 bridgehead atoms. The Kier molecular flexibility index (Phi) is 10.9. The van der Waals surface area contributed by atoms with E-state index in [0.29, 0.717) is 13.0 Å². The Balaban J connectivity index is 2.39. The number of aliphatic imine (C=N–C) groups is 1. The van der Waals surface area contributed by atoms with E-state index >= 15 is 0 Å². The highest BCUT2D eigenvalue weighted by molar-refractivity contribution is 5.81. The molecule has 1 rings (SSSR count). The maximum Gasteiger partial charge on any atom is 0.224 e. The van der Waals surface area contributed by atoms with Gasteiger partial charge in [0.15, 0.2) is 5.96 Å². The van der Waals surface area contributed by atoms with Crippen LogP contribution in [0.15, 0.2) is 29.3 Å². The van der Waals surface area contributed by atoms with Crippen molar-refractivity contribution < 1.29 is 9.53 Å². The molecule has 26 heavy (non-hydrogen) atoms. The Labute approximate surface area is 158 Å². The van der Waals surface area contributed by atoms with E-state index in [2.05, 4.69) is 27.8 Å². The minimum Gasteiger partial charge on any atom is -0.497 e. The molecule has 6 nitrogen and oxygen atoms in total. The molecule has 0 radical (unpaired) electrons. The third-order valence-corrected chi connectivity index (χ3v) is 4.12. The average molecular weight is 363 g/mol. The molecular weight excluding hydrogens is 328 g/mol. The van der Waals surface area contributed by atoms with Crippen LogP contribution in [0.4, 0.5) is 0 Å². The Morgan fingerprint density at radius 2 is 1.96 bits per heavy atom. The summed E-state index contributed by atoms with van der Waals surface area (Å²) in [7, 11) is 1.68. The molecule has 0 aliphatic rings. The molecule has 0 fully saturated rings. The third kappa shape index (κ3) is 8.23. The molecule has 6 heteroatoms. The lowest BCUT2D eigenvalue weighted by molar-refractivity contribution is -0.130. The maximum absolute atomic E-state index is 12.0. The van der Waals surface area contributed by atoms with Gasteiger partial charge in [-0.3, -0.25) is 9.79 Å². The molecule has 0 unspecified atom stereocenters. The molecule has 0 saturated heterocycles. The summed E-state index contributed by atoms with van der Waals surface area (Å²) in [6.45, 7) is 9.68. The first-order valence-corrected chi connectivity index (χ1v) is 9.57. The van der Waals surface area contributed by atoms with Gasteiger partial charge in [-0.05, 0) is 51.3 Å². The first kappa shape index (κ1) is 21.8. The number of hydrogen-bond donors (Lipinski definition) is 2. The van der Waals surface area contributed by atoms with Gasteiger partial charge in [0.2, 0.25) is 5.91 Å². The fourth-order valence-corrected chi connectivity index (χ4v) is 2.67. The molecule has 0 aromatic heterocycles.